The number of nitriles is 1. The van der Waals surface area contributed by atoms with E-state index >= 15 is 0 Å². The molecule has 1 aliphatic heterocycles. The molecule has 124 valence electrons. The third-order valence-electron chi connectivity index (χ3n) is 3.87. The number of nitrogens with zero attached hydrogens (tertiary/aromatic N) is 3. The van der Waals surface area contributed by atoms with Crippen molar-refractivity contribution in [2.45, 2.75) is 17.4 Å². The van der Waals surface area contributed by atoms with E-state index < -0.39 is 10.0 Å². The van der Waals surface area contributed by atoms with E-state index in [-0.39, 0.29) is 16.7 Å². The van der Waals surface area contributed by atoms with Crippen LogP contribution in [-0.2, 0) is 10.0 Å². The SMILES string of the molecule is N#Cc1ccc(NC2CCN(S(=O)(=O)c3ccc(O)cc3)C2)nc1. The summed E-state index contributed by atoms with van der Waals surface area (Å²) in [7, 11) is -3.57. The quantitative estimate of drug-likeness (QED) is 0.871. The van der Waals surface area contributed by atoms with Crippen LogP contribution in [0.1, 0.15) is 12.0 Å². The molecule has 1 aromatic heterocycles. The largest absolute Gasteiger partial charge is 0.508 e. The van der Waals surface area contributed by atoms with Crippen molar-refractivity contribution in [1.82, 2.24) is 9.29 Å². The fourth-order valence-electron chi connectivity index (χ4n) is 2.59. The lowest BCUT2D eigenvalue weighted by Crippen LogP contribution is -2.31. The zero-order valence-corrected chi connectivity index (χ0v) is 13.6. The van der Waals surface area contributed by atoms with Gasteiger partial charge < -0.3 is 10.4 Å². The highest BCUT2D eigenvalue weighted by Gasteiger charge is 2.32. The first kappa shape index (κ1) is 16.2. The van der Waals surface area contributed by atoms with Gasteiger partial charge in [-0.2, -0.15) is 9.57 Å². The molecular formula is C16H16N4O3S. The van der Waals surface area contributed by atoms with Crippen LogP contribution in [0.5, 0.6) is 5.75 Å². The second-order valence-corrected chi connectivity index (χ2v) is 7.47. The highest BCUT2D eigenvalue weighted by molar-refractivity contribution is 7.89. The second-order valence-electron chi connectivity index (χ2n) is 5.53. The van der Waals surface area contributed by atoms with E-state index in [9.17, 15) is 13.5 Å². The summed E-state index contributed by atoms with van der Waals surface area (Å²) < 4.78 is 26.6. The maximum Gasteiger partial charge on any atom is 0.243 e. The number of rotatable bonds is 4. The van der Waals surface area contributed by atoms with Gasteiger partial charge in [0.2, 0.25) is 10.0 Å². The maximum absolute atomic E-state index is 12.6. The number of anilines is 1. The van der Waals surface area contributed by atoms with E-state index in [1.807, 2.05) is 6.07 Å². The molecule has 1 unspecified atom stereocenters. The van der Waals surface area contributed by atoms with E-state index in [0.29, 0.717) is 30.9 Å². The molecule has 0 bridgehead atoms. The third-order valence-corrected chi connectivity index (χ3v) is 5.75. The molecule has 0 spiro atoms. The van der Waals surface area contributed by atoms with E-state index in [1.54, 1.807) is 12.1 Å². The van der Waals surface area contributed by atoms with Crippen molar-refractivity contribution in [2.24, 2.45) is 0 Å². The van der Waals surface area contributed by atoms with E-state index in [1.165, 1.54) is 34.8 Å². The number of pyridine rings is 1. The van der Waals surface area contributed by atoms with Crippen LogP contribution in [0.15, 0.2) is 47.5 Å². The third kappa shape index (κ3) is 3.32. The number of aromatic nitrogens is 1. The number of sulfonamides is 1. The second kappa shape index (κ2) is 6.47. The standard InChI is InChI=1S/C16H16N4O3S/c17-9-12-1-6-16(18-10-12)19-13-7-8-20(11-13)24(22,23)15-4-2-14(21)3-5-15/h1-6,10,13,21H,7-8,11H2,(H,18,19). The minimum atomic E-state index is -3.57. The van der Waals surface area contributed by atoms with Crippen molar-refractivity contribution >= 4 is 15.8 Å². The molecule has 3 rings (SSSR count). The van der Waals surface area contributed by atoms with Crippen LogP contribution in [0.25, 0.3) is 0 Å². The minimum absolute atomic E-state index is 0.0294. The lowest BCUT2D eigenvalue weighted by Gasteiger charge is -2.17. The maximum atomic E-state index is 12.6. The fraction of sp³-hybridized carbons (Fsp3) is 0.250. The summed E-state index contributed by atoms with van der Waals surface area (Å²) in [6.07, 6.45) is 2.14. The molecule has 1 fully saturated rings. The van der Waals surface area contributed by atoms with Crippen LogP contribution in [0, 0.1) is 11.3 Å². The van der Waals surface area contributed by atoms with E-state index in [2.05, 4.69) is 10.3 Å². The molecular weight excluding hydrogens is 328 g/mol. The van der Waals surface area contributed by atoms with Gasteiger partial charge in [-0.25, -0.2) is 13.4 Å². The molecule has 1 aliphatic rings. The molecule has 2 N–H and O–H groups in total. The number of benzene rings is 1. The van der Waals surface area contributed by atoms with Crippen molar-refractivity contribution in [3.05, 3.63) is 48.2 Å². The first-order valence-electron chi connectivity index (χ1n) is 7.41. The molecule has 2 heterocycles. The molecule has 24 heavy (non-hydrogen) atoms. The lowest BCUT2D eigenvalue weighted by atomic mass is 10.2. The molecule has 1 atom stereocenters. The van der Waals surface area contributed by atoms with Crippen molar-refractivity contribution in [3.63, 3.8) is 0 Å². The summed E-state index contributed by atoms with van der Waals surface area (Å²) in [5.74, 6) is 0.643. The van der Waals surface area contributed by atoms with Gasteiger partial charge in [-0.1, -0.05) is 0 Å². The summed E-state index contributed by atoms with van der Waals surface area (Å²) in [5.41, 5.74) is 0.475. The number of phenols is 1. The molecule has 1 aromatic carbocycles. The molecule has 7 nitrogen and oxygen atoms in total. The Morgan fingerprint density at radius 3 is 2.62 bits per heavy atom. The zero-order valence-electron chi connectivity index (χ0n) is 12.8. The van der Waals surface area contributed by atoms with Crippen LogP contribution in [0.3, 0.4) is 0 Å². The van der Waals surface area contributed by atoms with Gasteiger partial charge in [0.25, 0.3) is 0 Å². The molecule has 2 aromatic rings. The Balaban J connectivity index is 1.68. The molecule has 0 aliphatic carbocycles. The Morgan fingerprint density at radius 2 is 2.00 bits per heavy atom. The van der Waals surface area contributed by atoms with Crippen molar-refractivity contribution in [1.29, 1.82) is 5.26 Å². The topological polar surface area (TPSA) is 106 Å². The van der Waals surface area contributed by atoms with Crippen LogP contribution in [-0.4, -0.2) is 41.9 Å². The molecule has 0 radical (unpaired) electrons. The van der Waals surface area contributed by atoms with Crippen molar-refractivity contribution in [2.75, 3.05) is 18.4 Å². The van der Waals surface area contributed by atoms with Crippen LogP contribution in [0.2, 0.25) is 0 Å². The zero-order chi connectivity index (χ0) is 17.2. The van der Waals surface area contributed by atoms with Crippen molar-refractivity contribution < 1.29 is 13.5 Å². The van der Waals surface area contributed by atoms with Crippen LogP contribution < -0.4 is 5.32 Å². The van der Waals surface area contributed by atoms with Gasteiger partial charge >= 0.3 is 0 Å². The first-order chi connectivity index (χ1) is 11.5. The van der Waals surface area contributed by atoms with Crippen LogP contribution in [0.4, 0.5) is 5.82 Å². The fourth-order valence-corrected chi connectivity index (χ4v) is 4.09. The first-order valence-corrected chi connectivity index (χ1v) is 8.85. The minimum Gasteiger partial charge on any atom is -0.508 e. The summed E-state index contributed by atoms with van der Waals surface area (Å²) in [4.78, 5) is 4.30. The van der Waals surface area contributed by atoms with Gasteiger partial charge in [0, 0.05) is 25.3 Å². The number of aromatic hydroxyl groups is 1. The average molecular weight is 344 g/mol. The van der Waals surface area contributed by atoms with E-state index in [4.69, 9.17) is 5.26 Å². The summed E-state index contributed by atoms with van der Waals surface area (Å²) in [5, 5.41) is 21.2. The number of nitrogens with one attached hydrogen (secondary N) is 1. The predicted molar refractivity (Wildman–Crippen MR) is 87.8 cm³/mol. The Kier molecular flexibility index (Phi) is 4.38. The Labute approximate surface area is 140 Å². The van der Waals surface area contributed by atoms with Crippen LogP contribution >= 0.6 is 0 Å². The van der Waals surface area contributed by atoms with Gasteiger partial charge in [-0.3, -0.25) is 0 Å². The van der Waals surface area contributed by atoms with Gasteiger partial charge in [0.15, 0.2) is 0 Å². The lowest BCUT2D eigenvalue weighted by molar-refractivity contribution is 0.470. The van der Waals surface area contributed by atoms with Gasteiger partial charge in [0.1, 0.15) is 17.6 Å². The summed E-state index contributed by atoms with van der Waals surface area (Å²) in [6, 6.07) is 10.8. The number of phenolic OH excluding ortho intramolecular Hbond substituents is 1. The molecule has 0 amide bonds. The van der Waals surface area contributed by atoms with Gasteiger partial charge in [-0.05, 0) is 42.8 Å². The molecule has 0 saturated carbocycles. The smallest absolute Gasteiger partial charge is 0.243 e. The van der Waals surface area contributed by atoms with Gasteiger partial charge in [-0.15, -0.1) is 0 Å². The monoisotopic (exact) mass is 344 g/mol. The highest BCUT2D eigenvalue weighted by Crippen LogP contribution is 2.24. The predicted octanol–water partition coefficient (Wildman–Crippen LogP) is 1.53. The highest BCUT2D eigenvalue weighted by atomic mass is 32.2. The normalized spacial score (nSPS) is 18.2. The van der Waals surface area contributed by atoms with E-state index in [0.717, 1.165) is 0 Å². The van der Waals surface area contributed by atoms with Crippen molar-refractivity contribution in [3.8, 4) is 11.8 Å². The average Bonchev–Trinajstić information content (AvgIpc) is 3.05. The molecule has 8 heteroatoms. The Hall–Kier alpha value is -2.63. The number of hydrogen-bond acceptors (Lipinski definition) is 6. The molecule has 1 saturated heterocycles. The summed E-state index contributed by atoms with van der Waals surface area (Å²) in [6.45, 7) is 0.752. The van der Waals surface area contributed by atoms with Gasteiger partial charge in [0.05, 0.1) is 10.5 Å². The Morgan fingerprint density at radius 1 is 1.25 bits per heavy atom. The Bertz CT molecular complexity index is 858. The number of hydrogen-bond donors (Lipinski definition) is 2. The summed E-state index contributed by atoms with van der Waals surface area (Å²) >= 11 is 0.